The molecule has 170 valence electrons. The summed E-state index contributed by atoms with van der Waals surface area (Å²) in [6.07, 6.45) is 1.73. The summed E-state index contributed by atoms with van der Waals surface area (Å²) in [5.74, 6) is 0.403. The molecule has 2 aromatic carbocycles. The Bertz CT molecular complexity index is 1380. The van der Waals surface area contributed by atoms with E-state index in [1.54, 1.807) is 16.7 Å². The summed E-state index contributed by atoms with van der Waals surface area (Å²) in [5.41, 5.74) is 2.38. The number of hydrogen-bond donors (Lipinski definition) is 2. The minimum Gasteiger partial charge on any atom is -0.332 e. The number of nitrogens with one attached hydrogen (secondary N) is 2. The molecule has 0 aliphatic heterocycles. The fraction of sp³-hybridized carbons (Fsp3) is 0.280. The number of aromatic amines is 1. The van der Waals surface area contributed by atoms with Crippen LogP contribution in [0, 0.1) is 0 Å². The Kier molecular flexibility index (Phi) is 6.53. The van der Waals surface area contributed by atoms with Crippen LogP contribution in [0.3, 0.4) is 0 Å². The zero-order valence-corrected chi connectivity index (χ0v) is 18.8. The second kappa shape index (κ2) is 9.68. The van der Waals surface area contributed by atoms with Crippen LogP contribution in [-0.4, -0.2) is 25.0 Å². The first-order chi connectivity index (χ1) is 16.0. The third-order valence-electron chi connectivity index (χ3n) is 5.41. The largest absolute Gasteiger partial charge is 0.332 e. The molecule has 0 radical (unpaired) electrons. The number of carbonyl (C=O) groups is 1. The van der Waals surface area contributed by atoms with Gasteiger partial charge in [-0.25, -0.2) is 9.78 Å². The van der Waals surface area contributed by atoms with Gasteiger partial charge in [-0.15, -0.1) is 0 Å². The van der Waals surface area contributed by atoms with Crippen molar-refractivity contribution in [2.45, 2.75) is 46.2 Å². The van der Waals surface area contributed by atoms with Crippen LogP contribution in [0.1, 0.15) is 32.3 Å². The number of benzene rings is 2. The van der Waals surface area contributed by atoms with Crippen molar-refractivity contribution >= 4 is 22.8 Å². The SMILES string of the molecule is CCCn1c(=O)c2[nH]c(-c3ccc(NC(=O)Cc4ccccc4)cc3)nc2n(CCC)c1=O. The van der Waals surface area contributed by atoms with Crippen molar-refractivity contribution in [3.05, 3.63) is 81.0 Å². The van der Waals surface area contributed by atoms with E-state index in [-0.39, 0.29) is 17.2 Å². The van der Waals surface area contributed by atoms with Crippen LogP contribution >= 0.6 is 0 Å². The van der Waals surface area contributed by atoms with Gasteiger partial charge in [-0.1, -0.05) is 44.2 Å². The van der Waals surface area contributed by atoms with Gasteiger partial charge in [0.15, 0.2) is 5.65 Å². The number of carbonyl (C=O) groups excluding carboxylic acids is 1. The van der Waals surface area contributed by atoms with Gasteiger partial charge in [0.25, 0.3) is 5.56 Å². The Morgan fingerprint density at radius 1 is 0.939 bits per heavy atom. The minimum absolute atomic E-state index is 0.0993. The lowest BCUT2D eigenvalue weighted by molar-refractivity contribution is -0.115. The van der Waals surface area contributed by atoms with Gasteiger partial charge >= 0.3 is 5.69 Å². The van der Waals surface area contributed by atoms with Crippen molar-refractivity contribution in [1.29, 1.82) is 0 Å². The highest BCUT2D eigenvalue weighted by Crippen LogP contribution is 2.21. The van der Waals surface area contributed by atoms with Gasteiger partial charge in [-0.2, -0.15) is 0 Å². The number of fused-ring (bicyclic) bond motifs is 1. The summed E-state index contributed by atoms with van der Waals surface area (Å²) in [7, 11) is 0. The van der Waals surface area contributed by atoms with Gasteiger partial charge in [0.2, 0.25) is 5.91 Å². The maximum Gasteiger partial charge on any atom is 0.332 e. The highest BCUT2D eigenvalue weighted by atomic mass is 16.2. The normalized spacial score (nSPS) is 11.1. The van der Waals surface area contributed by atoms with Crippen LogP contribution in [-0.2, 0) is 24.3 Å². The number of anilines is 1. The topological polar surface area (TPSA) is 102 Å². The van der Waals surface area contributed by atoms with Crippen molar-refractivity contribution in [1.82, 2.24) is 19.1 Å². The maximum absolute atomic E-state index is 12.9. The number of amides is 1. The molecule has 0 saturated heterocycles. The first kappa shape index (κ1) is 22.3. The molecule has 0 aliphatic carbocycles. The van der Waals surface area contributed by atoms with Crippen LogP contribution in [0.25, 0.3) is 22.6 Å². The van der Waals surface area contributed by atoms with Crippen molar-refractivity contribution in [2.24, 2.45) is 0 Å². The Balaban J connectivity index is 1.62. The van der Waals surface area contributed by atoms with Crippen molar-refractivity contribution in [3.63, 3.8) is 0 Å². The molecule has 2 heterocycles. The molecule has 2 N–H and O–H groups in total. The zero-order valence-electron chi connectivity index (χ0n) is 18.8. The molecule has 8 nitrogen and oxygen atoms in total. The standard InChI is InChI=1S/C25H27N5O3/c1-3-14-29-23-21(24(32)30(15-4-2)25(29)33)27-22(28-23)18-10-12-19(13-11-18)26-20(31)16-17-8-6-5-7-9-17/h5-13H,3-4,14-16H2,1-2H3,(H,26,31)(H,27,28). The predicted molar refractivity (Wildman–Crippen MR) is 129 cm³/mol. The van der Waals surface area contributed by atoms with Gasteiger partial charge in [0, 0.05) is 24.3 Å². The number of imidazole rings is 1. The fourth-order valence-electron chi connectivity index (χ4n) is 3.85. The van der Waals surface area contributed by atoms with E-state index in [9.17, 15) is 14.4 Å². The van der Waals surface area contributed by atoms with Gasteiger partial charge in [0.05, 0.1) is 6.42 Å². The fourth-order valence-corrected chi connectivity index (χ4v) is 3.85. The summed E-state index contributed by atoms with van der Waals surface area (Å²) < 4.78 is 2.83. The van der Waals surface area contributed by atoms with Gasteiger partial charge in [0.1, 0.15) is 11.3 Å². The van der Waals surface area contributed by atoms with E-state index in [2.05, 4.69) is 15.3 Å². The van der Waals surface area contributed by atoms with Crippen LogP contribution < -0.4 is 16.6 Å². The van der Waals surface area contributed by atoms with Crippen molar-refractivity contribution in [2.75, 3.05) is 5.32 Å². The van der Waals surface area contributed by atoms with Crippen molar-refractivity contribution in [3.8, 4) is 11.4 Å². The molecular formula is C25H27N5O3. The van der Waals surface area contributed by atoms with Gasteiger partial charge in [-0.3, -0.25) is 18.7 Å². The van der Waals surface area contributed by atoms with Gasteiger partial charge in [-0.05, 0) is 42.7 Å². The number of nitrogens with zero attached hydrogens (tertiary/aromatic N) is 3. The summed E-state index contributed by atoms with van der Waals surface area (Å²) in [5, 5.41) is 2.89. The molecule has 0 saturated carbocycles. The highest BCUT2D eigenvalue weighted by Gasteiger charge is 2.17. The van der Waals surface area contributed by atoms with Crippen LogP contribution in [0.15, 0.2) is 64.2 Å². The Hall–Kier alpha value is -3.94. The Labute approximate surface area is 190 Å². The lowest BCUT2D eigenvalue weighted by Gasteiger charge is -2.09. The van der Waals surface area contributed by atoms with E-state index in [1.807, 2.05) is 56.3 Å². The monoisotopic (exact) mass is 445 g/mol. The number of H-pyrrole nitrogens is 1. The molecule has 0 fully saturated rings. The third kappa shape index (κ3) is 4.64. The van der Waals surface area contributed by atoms with Crippen LogP contribution in [0.4, 0.5) is 5.69 Å². The zero-order chi connectivity index (χ0) is 23.4. The quantitative estimate of drug-likeness (QED) is 0.433. The average Bonchev–Trinajstić information content (AvgIpc) is 3.26. The predicted octanol–water partition coefficient (Wildman–Crippen LogP) is 3.55. The molecule has 0 bridgehead atoms. The van der Waals surface area contributed by atoms with E-state index in [0.717, 1.165) is 17.5 Å². The van der Waals surface area contributed by atoms with E-state index in [0.29, 0.717) is 48.6 Å². The molecule has 0 spiro atoms. The van der Waals surface area contributed by atoms with Crippen molar-refractivity contribution < 1.29 is 4.79 Å². The Morgan fingerprint density at radius 3 is 2.27 bits per heavy atom. The third-order valence-corrected chi connectivity index (χ3v) is 5.41. The minimum atomic E-state index is -0.354. The highest BCUT2D eigenvalue weighted by molar-refractivity contribution is 5.92. The van der Waals surface area contributed by atoms with Gasteiger partial charge < -0.3 is 10.3 Å². The molecule has 1 amide bonds. The molecule has 2 aromatic heterocycles. The second-order valence-corrected chi connectivity index (χ2v) is 7.96. The summed E-state index contributed by atoms with van der Waals surface area (Å²) in [6, 6.07) is 16.8. The van der Waals surface area contributed by atoms with E-state index in [1.165, 1.54) is 4.57 Å². The molecule has 0 atom stereocenters. The van der Waals surface area contributed by atoms with Crippen LogP contribution in [0.5, 0.6) is 0 Å². The summed E-state index contributed by atoms with van der Waals surface area (Å²) >= 11 is 0. The van der Waals surface area contributed by atoms with E-state index < -0.39 is 0 Å². The number of aromatic nitrogens is 4. The second-order valence-electron chi connectivity index (χ2n) is 7.96. The molecule has 4 rings (SSSR count). The Morgan fingerprint density at radius 2 is 1.61 bits per heavy atom. The molecule has 0 aliphatic rings. The van der Waals surface area contributed by atoms with E-state index >= 15 is 0 Å². The first-order valence-corrected chi connectivity index (χ1v) is 11.2. The molecule has 33 heavy (non-hydrogen) atoms. The number of rotatable bonds is 8. The number of hydrogen-bond acceptors (Lipinski definition) is 4. The lowest BCUT2D eigenvalue weighted by atomic mass is 10.1. The maximum atomic E-state index is 12.9. The van der Waals surface area contributed by atoms with E-state index in [4.69, 9.17) is 0 Å². The summed E-state index contributed by atoms with van der Waals surface area (Å²) in [4.78, 5) is 45.7. The molecule has 4 aromatic rings. The molecule has 0 unspecified atom stereocenters. The lowest BCUT2D eigenvalue weighted by Crippen LogP contribution is -2.40. The summed E-state index contributed by atoms with van der Waals surface area (Å²) in [6.45, 7) is 4.75. The molecule has 8 heteroatoms. The number of aryl methyl sites for hydroxylation is 1. The first-order valence-electron chi connectivity index (χ1n) is 11.2. The van der Waals surface area contributed by atoms with Crippen LogP contribution in [0.2, 0.25) is 0 Å². The molecular weight excluding hydrogens is 418 g/mol. The average molecular weight is 446 g/mol. The smallest absolute Gasteiger partial charge is 0.332 e.